The summed E-state index contributed by atoms with van der Waals surface area (Å²) in [5, 5.41) is 21.6. The smallest absolute Gasteiger partial charge is 0.231 e. The van der Waals surface area contributed by atoms with E-state index >= 15 is 0 Å². The van der Waals surface area contributed by atoms with Crippen molar-refractivity contribution >= 4 is 34.7 Å². The van der Waals surface area contributed by atoms with E-state index in [1.54, 1.807) is 11.0 Å². The molecule has 6 nitrogen and oxygen atoms in total. The normalized spacial score (nSPS) is 20.3. The van der Waals surface area contributed by atoms with E-state index in [-0.39, 0.29) is 24.2 Å². The predicted molar refractivity (Wildman–Crippen MR) is 144 cm³/mol. The van der Waals surface area contributed by atoms with E-state index in [1.807, 2.05) is 67.6 Å². The largest absolute Gasteiger partial charge is 0.507 e. The van der Waals surface area contributed by atoms with Crippen LogP contribution in [0.25, 0.3) is 5.76 Å². The number of aliphatic hydroxyl groups excluding tert-OH is 1. The number of anilines is 1. The molecule has 0 spiro atoms. The van der Waals surface area contributed by atoms with E-state index in [0.717, 1.165) is 16.8 Å². The zero-order valence-electron chi connectivity index (χ0n) is 20.3. The van der Waals surface area contributed by atoms with Crippen molar-refractivity contribution in [2.75, 3.05) is 11.7 Å². The van der Waals surface area contributed by atoms with E-state index in [1.165, 1.54) is 0 Å². The average Bonchev–Trinajstić information content (AvgIpc) is 3.37. The van der Waals surface area contributed by atoms with Crippen molar-refractivity contribution < 1.29 is 19.4 Å². The molecule has 3 aliphatic rings. The fourth-order valence-corrected chi connectivity index (χ4v) is 5.60. The van der Waals surface area contributed by atoms with Crippen molar-refractivity contribution in [1.29, 1.82) is 5.41 Å². The number of amidine groups is 1. The number of para-hydroxylation sites is 1. The standard InChI is InChI=1S/C30H25ClN2O4/c1-17-9-11-18(12-10-17)29(35)28-26(19-13-14-24-25(15-19)37-16-36-24)27-22(7-4-8-23(27)34)33(30(28)32)21-6-3-2-5-20(21)31/h2-3,5-6,9-15,26,32,35H,4,7-8,16H2,1H3/b29-28+,32-30?/t26-/m0/s1. The van der Waals surface area contributed by atoms with Gasteiger partial charge in [-0.1, -0.05) is 59.6 Å². The molecule has 2 heterocycles. The summed E-state index contributed by atoms with van der Waals surface area (Å²) in [7, 11) is 0. The SMILES string of the molecule is Cc1ccc(/C(O)=C2\C(=N)N(c3ccccc3Cl)C3=C(C(=O)CCC3)[C@@H]2c2ccc3c(c2)OCO3)cc1. The molecule has 0 saturated carbocycles. The highest BCUT2D eigenvalue weighted by Gasteiger charge is 2.44. The molecular formula is C30H25ClN2O4. The monoisotopic (exact) mass is 512 g/mol. The van der Waals surface area contributed by atoms with Crippen molar-refractivity contribution in [2.24, 2.45) is 0 Å². The van der Waals surface area contributed by atoms with Crippen LogP contribution in [0.15, 0.2) is 83.6 Å². The average molecular weight is 513 g/mol. The van der Waals surface area contributed by atoms with Gasteiger partial charge in [0.1, 0.15) is 11.6 Å². The topological polar surface area (TPSA) is 82.9 Å². The Morgan fingerprint density at radius 2 is 1.78 bits per heavy atom. The minimum atomic E-state index is -0.648. The fourth-order valence-electron chi connectivity index (χ4n) is 5.38. The molecule has 0 saturated heterocycles. The molecule has 6 rings (SSSR count). The van der Waals surface area contributed by atoms with Gasteiger partial charge in [0.15, 0.2) is 17.3 Å². The molecule has 7 heteroatoms. The molecule has 186 valence electrons. The second-order valence-electron chi connectivity index (χ2n) is 9.45. The summed E-state index contributed by atoms with van der Waals surface area (Å²) in [5.41, 5.74) is 4.66. The number of nitrogens with zero attached hydrogens (tertiary/aromatic N) is 1. The van der Waals surface area contributed by atoms with Crippen LogP contribution >= 0.6 is 11.6 Å². The summed E-state index contributed by atoms with van der Waals surface area (Å²) in [6.07, 6.45) is 1.71. The van der Waals surface area contributed by atoms with E-state index in [4.69, 9.17) is 21.1 Å². The van der Waals surface area contributed by atoms with Crippen molar-refractivity contribution in [3.63, 3.8) is 0 Å². The number of carbonyl (C=O) groups is 1. The van der Waals surface area contributed by atoms with Gasteiger partial charge in [0.2, 0.25) is 6.79 Å². The third kappa shape index (κ3) is 3.89. The summed E-state index contributed by atoms with van der Waals surface area (Å²) >= 11 is 6.61. The number of halogens is 1. The number of benzene rings is 3. The lowest BCUT2D eigenvalue weighted by Gasteiger charge is -2.42. The van der Waals surface area contributed by atoms with E-state index in [9.17, 15) is 15.3 Å². The number of aliphatic hydroxyl groups is 1. The Morgan fingerprint density at radius 3 is 2.57 bits per heavy atom. The number of hydrogen-bond acceptors (Lipinski definition) is 5. The van der Waals surface area contributed by atoms with Gasteiger partial charge in [-0.3, -0.25) is 15.1 Å². The maximum Gasteiger partial charge on any atom is 0.231 e. The highest BCUT2D eigenvalue weighted by atomic mass is 35.5. The first kappa shape index (κ1) is 23.4. The molecule has 0 bridgehead atoms. The molecule has 0 aromatic heterocycles. The molecule has 2 aliphatic heterocycles. The number of allylic oxidation sites excluding steroid dienone is 2. The third-order valence-electron chi connectivity index (χ3n) is 7.16. The molecular weight excluding hydrogens is 488 g/mol. The van der Waals surface area contributed by atoms with Gasteiger partial charge in [-0.05, 0) is 49.6 Å². The Balaban J connectivity index is 1.65. The van der Waals surface area contributed by atoms with E-state index in [2.05, 4.69) is 0 Å². The number of fused-ring (bicyclic) bond motifs is 1. The van der Waals surface area contributed by atoms with Gasteiger partial charge in [0.25, 0.3) is 0 Å². The van der Waals surface area contributed by atoms with Crippen molar-refractivity contribution in [3.8, 4) is 11.5 Å². The second-order valence-corrected chi connectivity index (χ2v) is 9.85. The number of rotatable bonds is 3. The highest BCUT2D eigenvalue weighted by Crippen LogP contribution is 2.50. The number of ketones is 1. The maximum atomic E-state index is 13.6. The first-order valence-electron chi connectivity index (χ1n) is 12.2. The third-order valence-corrected chi connectivity index (χ3v) is 7.48. The lowest BCUT2D eigenvalue weighted by Crippen LogP contribution is -2.42. The Labute approximate surface area is 219 Å². The van der Waals surface area contributed by atoms with Gasteiger partial charge < -0.3 is 14.6 Å². The van der Waals surface area contributed by atoms with Crippen molar-refractivity contribution in [1.82, 2.24) is 0 Å². The van der Waals surface area contributed by atoms with E-state index in [0.29, 0.717) is 58.2 Å². The van der Waals surface area contributed by atoms with Crippen LogP contribution < -0.4 is 14.4 Å². The lowest BCUT2D eigenvalue weighted by atomic mass is 9.73. The molecule has 0 radical (unpaired) electrons. The number of carbonyl (C=O) groups excluding carboxylic acids is 1. The molecule has 0 unspecified atom stereocenters. The minimum Gasteiger partial charge on any atom is -0.507 e. The maximum absolute atomic E-state index is 13.6. The van der Waals surface area contributed by atoms with Gasteiger partial charge in [-0.15, -0.1) is 0 Å². The molecule has 0 fully saturated rings. The molecule has 1 aliphatic carbocycles. The summed E-state index contributed by atoms with van der Waals surface area (Å²) in [6.45, 7) is 2.10. The number of Topliss-reactive ketones (excluding diaryl/α,β-unsaturated/α-hetero) is 1. The number of aryl methyl sites for hydroxylation is 1. The quantitative estimate of drug-likeness (QED) is 0.371. The van der Waals surface area contributed by atoms with Crippen LogP contribution in [0.1, 0.15) is 41.9 Å². The van der Waals surface area contributed by atoms with Gasteiger partial charge in [-0.2, -0.15) is 0 Å². The molecule has 3 aromatic rings. The van der Waals surface area contributed by atoms with Gasteiger partial charge in [0.05, 0.1) is 10.7 Å². The van der Waals surface area contributed by atoms with Crippen LogP contribution in [0.5, 0.6) is 11.5 Å². The van der Waals surface area contributed by atoms with Gasteiger partial charge >= 0.3 is 0 Å². The Kier molecular flexibility index (Phi) is 5.76. The number of hydrogen-bond donors (Lipinski definition) is 2. The molecule has 1 atom stereocenters. The van der Waals surface area contributed by atoms with Crippen molar-refractivity contribution in [3.05, 3.63) is 105 Å². The van der Waals surface area contributed by atoms with Crippen LogP contribution in [0.3, 0.4) is 0 Å². The Morgan fingerprint density at radius 1 is 1.03 bits per heavy atom. The van der Waals surface area contributed by atoms with Gasteiger partial charge in [-0.25, -0.2) is 0 Å². The fraction of sp³-hybridized carbons (Fsp3) is 0.200. The molecule has 0 amide bonds. The van der Waals surface area contributed by atoms with Gasteiger partial charge in [0, 0.05) is 34.7 Å². The van der Waals surface area contributed by atoms with Crippen molar-refractivity contribution in [2.45, 2.75) is 32.1 Å². The van der Waals surface area contributed by atoms with Crippen LogP contribution in [0, 0.1) is 12.3 Å². The summed E-state index contributed by atoms with van der Waals surface area (Å²) in [4.78, 5) is 15.3. The first-order valence-corrected chi connectivity index (χ1v) is 12.6. The van der Waals surface area contributed by atoms with Crippen LogP contribution in [0.4, 0.5) is 5.69 Å². The van der Waals surface area contributed by atoms with Crippen LogP contribution in [-0.4, -0.2) is 23.5 Å². The second kappa shape index (κ2) is 9.12. The zero-order valence-corrected chi connectivity index (χ0v) is 21.0. The predicted octanol–water partition coefficient (Wildman–Crippen LogP) is 6.93. The number of ether oxygens (including phenoxy) is 2. The summed E-state index contributed by atoms with van der Waals surface area (Å²) in [6, 6.07) is 20.3. The number of nitrogens with one attached hydrogen (secondary N) is 1. The Bertz CT molecular complexity index is 1510. The van der Waals surface area contributed by atoms with Crippen LogP contribution in [0.2, 0.25) is 5.02 Å². The zero-order chi connectivity index (χ0) is 25.7. The summed E-state index contributed by atoms with van der Waals surface area (Å²) < 4.78 is 11.1. The molecule has 2 N–H and O–H groups in total. The van der Waals surface area contributed by atoms with E-state index < -0.39 is 5.92 Å². The molecule has 3 aromatic carbocycles. The summed E-state index contributed by atoms with van der Waals surface area (Å²) in [5.74, 6) is 0.603. The highest BCUT2D eigenvalue weighted by molar-refractivity contribution is 6.34. The first-order chi connectivity index (χ1) is 17.9. The minimum absolute atomic E-state index is 0.00248. The van der Waals surface area contributed by atoms with Crippen LogP contribution in [-0.2, 0) is 4.79 Å². The molecule has 37 heavy (non-hydrogen) atoms. The Hall–Kier alpha value is -4.03. The lowest BCUT2D eigenvalue weighted by molar-refractivity contribution is -0.116.